The van der Waals surface area contributed by atoms with Gasteiger partial charge >= 0.3 is 0 Å². The standard InChI is InChI=1S/C20H23ClN2O3S/c1-2-20(24)23-13-11-16-14-18(9-10-19(16)23)27(25,26)22-12-3-4-15-5-7-17(21)8-6-15/h5-10,14,22H,2-4,11-13H2,1H3. The fourth-order valence-corrected chi connectivity index (χ4v) is 4.48. The SMILES string of the molecule is CCC(=O)N1CCc2cc(S(=O)(=O)NCCCc3ccc(Cl)cc3)ccc21. The molecule has 0 saturated heterocycles. The molecule has 0 fully saturated rings. The minimum absolute atomic E-state index is 0.0599. The van der Waals surface area contributed by atoms with Crippen LogP contribution in [-0.4, -0.2) is 27.4 Å². The second-order valence-electron chi connectivity index (χ2n) is 6.57. The van der Waals surface area contributed by atoms with Crippen LogP contribution < -0.4 is 9.62 Å². The van der Waals surface area contributed by atoms with E-state index in [4.69, 9.17) is 11.6 Å². The first-order chi connectivity index (χ1) is 12.9. The van der Waals surface area contributed by atoms with Crippen LogP contribution in [0.25, 0.3) is 0 Å². The summed E-state index contributed by atoms with van der Waals surface area (Å²) < 4.78 is 27.8. The number of carbonyl (C=O) groups excluding carboxylic acids is 1. The predicted molar refractivity (Wildman–Crippen MR) is 108 cm³/mol. The maximum Gasteiger partial charge on any atom is 0.240 e. The van der Waals surface area contributed by atoms with Crippen molar-refractivity contribution in [2.24, 2.45) is 0 Å². The van der Waals surface area contributed by atoms with Crippen molar-refractivity contribution in [2.75, 3.05) is 18.0 Å². The molecular formula is C20H23ClN2O3S. The summed E-state index contributed by atoms with van der Waals surface area (Å²) in [5.41, 5.74) is 2.85. The van der Waals surface area contributed by atoms with Gasteiger partial charge < -0.3 is 4.90 Å². The van der Waals surface area contributed by atoms with Gasteiger partial charge in [0.05, 0.1) is 4.90 Å². The molecule has 0 radical (unpaired) electrons. The average Bonchev–Trinajstić information content (AvgIpc) is 3.09. The second kappa shape index (κ2) is 8.42. The van der Waals surface area contributed by atoms with E-state index in [1.807, 2.05) is 31.2 Å². The molecule has 0 atom stereocenters. The maximum atomic E-state index is 12.6. The lowest BCUT2D eigenvalue weighted by Crippen LogP contribution is -2.28. The molecule has 27 heavy (non-hydrogen) atoms. The minimum atomic E-state index is -3.56. The first-order valence-electron chi connectivity index (χ1n) is 9.08. The van der Waals surface area contributed by atoms with E-state index >= 15 is 0 Å². The summed E-state index contributed by atoms with van der Waals surface area (Å²) in [5.74, 6) is 0.0599. The summed E-state index contributed by atoms with van der Waals surface area (Å²) in [6.45, 7) is 2.80. The molecule has 0 saturated carbocycles. The largest absolute Gasteiger partial charge is 0.312 e. The summed E-state index contributed by atoms with van der Waals surface area (Å²) in [4.78, 5) is 13.9. The Hall–Kier alpha value is -1.89. The molecule has 7 heteroatoms. The molecule has 144 valence electrons. The van der Waals surface area contributed by atoms with Crippen LogP contribution in [0.2, 0.25) is 5.02 Å². The van der Waals surface area contributed by atoms with Crippen molar-refractivity contribution in [1.29, 1.82) is 0 Å². The van der Waals surface area contributed by atoms with Crippen LogP contribution in [-0.2, 0) is 27.7 Å². The lowest BCUT2D eigenvalue weighted by molar-refractivity contribution is -0.118. The molecule has 1 N–H and O–H groups in total. The maximum absolute atomic E-state index is 12.6. The van der Waals surface area contributed by atoms with Gasteiger partial charge in [-0.3, -0.25) is 4.79 Å². The topological polar surface area (TPSA) is 66.5 Å². The van der Waals surface area contributed by atoms with Crippen LogP contribution in [0.15, 0.2) is 47.4 Å². The van der Waals surface area contributed by atoms with Gasteiger partial charge in [-0.15, -0.1) is 0 Å². The van der Waals surface area contributed by atoms with E-state index in [2.05, 4.69) is 4.72 Å². The summed E-state index contributed by atoms with van der Waals surface area (Å²) in [6, 6.07) is 12.5. The van der Waals surface area contributed by atoms with Gasteiger partial charge in [0.1, 0.15) is 0 Å². The first-order valence-corrected chi connectivity index (χ1v) is 10.9. The molecule has 0 bridgehead atoms. The number of rotatable bonds is 7. The van der Waals surface area contributed by atoms with Crippen molar-refractivity contribution in [2.45, 2.75) is 37.5 Å². The number of benzene rings is 2. The zero-order valence-electron chi connectivity index (χ0n) is 15.2. The molecule has 2 aromatic rings. The number of amides is 1. The third kappa shape index (κ3) is 4.69. The molecule has 5 nitrogen and oxygen atoms in total. The highest BCUT2D eigenvalue weighted by Crippen LogP contribution is 2.30. The molecule has 1 heterocycles. The van der Waals surface area contributed by atoms with Gasteiger partial charge in [0.15, 0.2) is 0 Å². The molecule has 0 unspecified atom stereocenters. The van der Waals surface area contributed by atoms with Crippen LogP contribution in [0, 0.1) is 0 Å². The number of aryl methyl sites for hydroxylation is 1. The number of sulfonamides is 1. The van der Waals surface area contributed by atoms with E-state index < -0.39 is 10.0 Å². The highest BCUT2D eigenvalue weighted by molar-refractivity contribution is 7.89. The fraction of sp³-hybridized carbons (Fsp3) is 0.350. The molecule has 0 aliphatic carbocycles. The third-order valence-electron chi connectivity index (χ3n) is 4.71. The second-order valence-corrected chi connectivity index (χ2v) is 8.77. The third-order valence-corrected chi connectivity index (χ3v) is 6.42. The lowest BCUT2D eigenvalue weighted by Gasteiger charge is -2.16. The molecule has 1 amide bonds. The van der Waals surface area contributed by atoms with Crippen LogP contribution >= 0.6 is 11.6 Å². The Morgan fingerprint density at radius 2 is 1.93 bits per heavy atom. The zero-order valence-corrected chi connectivity index (χ0v) is 16.8. The van der Waals surface area contributed by atoms with Crippen molar-refractivity contribution in [3.05, 3.63) is 58.6 Å². The van der Waals surface area contributed by atoms with Gasteiger partial charge in [0.25, 0.3) is 0 Å². The van der Waals surface area contributed by atoms with Crippen LogP contribution in [0.4, 0.5) is 5.69 Å². The molecule has 0 spiro atoms. The monoisotopic (exact) mass is 406 g/mol. The Bertz CT molecular complexity index is 927. The number of carbonyl (C=O) groups is 1. The Labute approximate surface area is 165 Å². The van der Waals surface area contributed by atoms with Gasteiger partial charge in [-0.05, 0) is 60.7 Å². The van der Waals surface area contributed by atoms with Gasteiger partial charge in [0, 0.05) is 30.2 Å². The smallest absolute Gasteiger partial charge is 0.240 e. The zero-order chi connectivity index (χ0) is 19.4. The van der Waals surface area contributed by atoms with Crippen molar-refractivity contribution >= 4 is 33.2 Å². The number of nitrogens with one attached hydrogen (secondary N) is 1. The van der Waals surface area contributed by atoms with E-state index in [0.29, 0.717) is 37.4 Å². The Balaban J connectivity index is 1.60. The minimum Gasteiger partial charge on any atom is -0.312 e. The van der Waals surface area contributed by atoms with E-state index in [1.54, 1.807) is 23.1 Å². The molecule has 1 aliphatic rings. The highest BCUT2D eigenvalue weighted by Gasteiger charge is 2.25. The van der Waals surface area contributed by atoms with Crippen molar-refractivity contribution in [3.63, 3.8) is 0 Å². The Morgan fingerprint density at radius 1 is 1.19 bits per heavy atom. The normalized spacial score (nSPS) is 13.6. The molecule has 0 aromatic heterocycles. The van der Waals surface area contributed by atoms with Gasteiger partial charge in [-0.25, -0.2) is 13.1 Å². The van der Waals surface area contributed by atoms with Gasteiger partial charge in [-0.1, -0.05) is 30.7 Å². The number of fused-ring (bicyclic) bond motifs is 1. The van der Waals surface area contributed by atoms with Gasteiger partial charge in [0.2, 0.25) is 15.9 Å². The quantitative estimate of drug-likeness (QED) is 0.715. The molecule has 2 aromatic carbocycles. The Morgan fingerprint density at radius 3 is 2.63 bits per heavy atom. The summed E-state index contributed by atoms with van der Waals surface area (Å²) in [5, 5.41) is 0.690. The summed E-state index contributed by atoms with van der Waals surface area (Å²) in [7, 11) is -3.56. The van der Waals surface area contributed by atoms with E-state index in [1.165, 1.54) is 0 Å². The molecule has 1 aliphatic heterocycles. The van der Waals surface area contributed by atoms with Crippen molar-refractivity contribution in [3.8, 4) is 0 Å². The van der Waals surface area contributed by atoms with Crippen LogP contribution in [0.3, 0.4) is 0 Å². The lowest BCUT2D eigenvalue weighted by atomic mass is 10.1. The number of hydrogen-bond acceptors (Lipinski definition) is 3. The fourth-order valence-electron chi connectivity index (χ4n) is 3.23. The number of anilines is 1. The number of hydrogen-bond donors (Lipinski definition) is 1. The highest BCUT2D eigenvalue weighted by atomic mass is 35.5. The number of nitrogens with zero attached hydrogens (tertiary/aromatic N) is 1. The van der Waals surface area contributed by atoms with Crippen molar-refractivity contribution < 1.29 is 13.2 Å². The van der Waals surface area contributed by atoms with Crippen molar-refractivity contribution in [1.82, 2.24) is 4.72 Å². The Kier molecular flexibility index (Phi) is 6.19. The molecule has 3 rings (SSSR count). The predicted octanol–water partition coefficient (Wildman–Crippen LogP) is 3.55. The molecular weight excluding hydrogens is 384 g/mol. The van der Waals surface area contributed by atoms with Crippen LogP contribution in [0.1, 0.15) is 30.9 Å². The average molecular weight is 407 g/mol. The van der Waals surface area contributed by atoms with E-state index in [0.717, 1.165) is 23.2 Å². The van der Waals surface area contributed by atoms with E-state index in [9.17, 15) is 13.2 Å². The van der Waals surface area contributed by atoms with Gasteiger partial charge in [-0.2, -0.15) is 0 Å². The summed E-state index contributed by atoms with van der Waals surface area (Å²) >= 11 is 5.86. The summed E-state index contributed by atoms with van der Waals surface area (Å²) in [6.07, 6.45) is 2.60. The van der Waals surface area contributed by atoms with E-state index in [-0.39, 0.29) is 10.8 Å². The van der Waals surface area contributed by atoms with Crippen LogP contribution in [0.5, 0.6) is 0 Å². The first kappa shape index (κ1) is 19.9. The number of halogens is 1.